The molecule has 0 atom stereocenters. The summed E-state index contributed by atoms with van der Waals surface area (Å²) in [5.41, 5.74) is 3.51. The van der Waals surface area contributed by atoms with Crippen molar-refractivity contribution in [3.05, 3.63) is 23.5 Å². The van der Waals surface area contributed by atoms with Crippen molar-refractivity contribution in [3.8, 4) is 0 Å². The second kappa shape index (κ2) is 5.14. The lowest BCUT2D eigenvalue weighted by Gasteiger charge is -2.14. The third-order valence-electron chi connectivity index (χ3n) is 4.35. The van der Waals surface area contributed by atoms with Crippen LogP contribution in [0.1, 0.15) is 30.5 Å². The molecule has 0 saturated heterocycles. The first-order valence-corrected chi connectivity index (χ1v) is 7.23. The Morgan fingerprint density at radius 3 is 2.95 bits per heavy atom. The highest BCUT2D eigenvalue weighted by Gasteiger charge is 2.41. The molecule has 5 heteroatoms. The topological polar surface area (TPSA) is 63.0 Å². The van der Waals surface area contributed by atoms with Gasteiger partial charge in [0.25, 0.3) is 0 Å². The molecule has 20 heavy (non-hydrogen) atoms. The molecule has 1 aliphatic carbocycles. The molecule has 5 nitrogen and oxygen atoms in total. The van der Waals surface area contributed by atoms with Gasteiger partial charge >= 0.3 is 0 Å². The summed E-state index contributed by atoms with van der Waals surface area (Å²) in [5.74, 6) is 0. The van der Waals surface area contributed by atoms with Gasteiger partial charge in [-0.2, -0.15) is 5.10 Å². The van der Waals surface area contributed by atoms with Crippen LogP contribution in [0.5, 0.6) is 0 Å². The van der Waals surface area contributed by atoms with Gasteiger partial charge in [0, 0.05) is 38.3 Å². The molecule has 2 N–H and O–H groups in total. The Balaban J connectivity index is 1.65. The van der Waals surface area contributed by atoms with E-state index >= 15 is 0 Å². The molecule has 0 bridgehead atoms. The lowest BCUT2D eigenvalue weighted by atomic mass is 10.0. The van der Waals surface area contributed by atoms with Gasteiger partial charge in [-0.25, -0.2) is 4.98 Å². The maximum Gasteiger partial charge on any atom is 0.157 e. The van der Waals surface area contributed by atoms with Crippen LogP contribution in [-0.2, 0) is 13.6 Å². The van der Waals surface area contributed by atoms with E-state index in [0.717, 1.165) is 36.2 Å². The van der Waals surface area contributed by atoms with Crippen molar-refractivity contribution in [1.29, 1.82) is 0 Å². The Labute approximate surface area is 119 Å². The standard InChI is InChI=1S/C15H22N4O/c1-11-13-7-12(9-17-14(13)19(2)18-11)8-16-10-15(3-4-15)5-6-20/h7,9,16,20H,3-6,8,10H2,1-2H3. The second-order valence-electron chi connectivity index (χ2n) is 6.00. The average Bonchev–Trinajstić information content (AvgIpc) is 3.12. The van der Waals surface area contributed by atoms with E-state index in [0.29, 0.717) is 12.0 Å². The number of aliphatic hydroxyl groups is 1. The van der Waals surface area contributed by atoms with Crippen LogP contribution >= 0.6 is 0 Å². The fourth-order valence-corrected chi connectivity index (χ4v) is 2.85. The molecule has 0 aliphatic heterocycles. The number of fused-ring (bicyclic) bond motifs is 1. The predicted octanol–water partition coefficient (Wildman–Crippen LogP) is 1.53. The molecule has 1 fully saturated rings. The minimum Gasteiger partial charge on any atom is -0.396 e. The number of aliphatic hydroxyl groups excluding tert-OH is 1. The van der Waals surface area contributed by atoms with Crippen LogP contribution < -0.4 is 5.32 Å². The second-order valence-corrected chi connectivity index (χ2v) is 6.00. The van der Waals surface area contributed by atoms with Gasteiger partial charge < -0.3 is 10.4 Å². The molecule has 0 aromatic carbocycles. The molecule has 108 valence electrons. The van der Waals surface area contributed by atoms with E-state index in [1.807, 2.05) is 24.9 Å². The Morgan fingerprint density at radius 1 is 1.45 bits per heavy atom. The lowest BCUT2D eigenvalue weighted by Crippen LogP contribution is -2.24. The van der Waals surface area contributed by atoms with Crippen molar-refractivity contribution in [2.45, 2.75) is 32.7 Å². The number of hydrogen-bond donors (Lipinski definition) is 2. The van der Waals surface area contributed by atoms with E-state index in [9.17, 15) is 0 Å². The maximum atomic E-state index is 9.06. The summed E-state index contributed by atoms with van der Waals surface area (Å²) in [5, 5.41) is 18.1. The smallest absolute Gasteiger partial charge is 0.157 e. The molecule has 1 aliphatic rings. The molecule has 0 amide bonds. The number of aryl methyl sites for hydroxylation is 2. The number of rotatable bonds is 6. The first kappa shape index (κ1) is 13.5. The van der Waals surface area contributed by atoms with Gasteiger partial charge in [-0.3, -0.25) is 4.68 Å². The van der Waals surface area contributed by atoms with E-state index in [1.165, 1.54) is 18.4 Å². The van der Waals surface area contributed by atoms with Crippen LogP contribution in [0.3, 0.4) is 0 Å². The Morgan fingerprint density at radius 2 is 2.25 bits per heavy atom. The zero-order valence-electron chi connectivity index (χ0n) is 12.2. The normalized spacial score (nSPS) is 16.8. The average molecular weight is 274 g/mol. The Hall–Kier alpha value is -1.46. The van der Waals surface area contributed by atoms with Gasteiger partial charge in [0.15, 0.2) is 5.65 Å². The maximum absolute atomic E-state index is 9.06. The van der Waals surface area contributed by atoms with Gasteiger partial charge in [-0.15, -0.1) is 0 Å². The van der Waals surface area contributed by atoms with Crippen LogP contribution in [0.25, 0.3) is 11.0 Å². The van der Waals surface area contributed by atoms with Crippen molar-refractivity contribution >= 4 is 11.0 Å². The molecule has 0 radical (unpaired) electrons. The van der Waals surface area contributed by atoms with Crippen LogP contribution in [0.2, 0.25) is 0 Å². The van der Waals surface area contributed by atoms with Gasteiger partial charge in [0.1, 0.15) is 0 Å². The highest BCUT2D eigenvalue weighted by Crippen LogP contribution is 2.47. The summed E-state index contributed by atoms with van der Waals surface area (Å²) in [7, 11) is 1.92. The monoisotopic (exact) mass is 274 g/mol. The zero-order chi connectivity index (χ0) is 14.2. The lowest BCUT2D eigenvalue weighted by molar-refractivity contribution is 0.245. The zero-order valence-corrected chi connectivity index (χ0v) is 12.2. The summed E-state index contributed by atoms with van der Waals surface area (Å²) in [6.45, 7) is 4.12. The fourth-order valence-electron chi connectivity index (χ4n) is 2.85. The van der Waals surface area contributed by atoms with Gasteiger partial charge in [0.2, 0.25) is 0 Å². The quantitative estimate of drug-likeness (QED) is 0.838. The van der Waals surface area contributed by atoms with E-state index < -0.39 is 0 Å². The predicted molar refractivity (Wildman–Crippen MR) is 78.3 cm³/mol. The van der Waals surface area contributed by atoms with Crippen LogP contribution in [0, 0.1) is 12.3 Å². The van der Waals surface area contributed by atoms with Crippen molar-refractivity contribution in [2.75, 3.05) is 13.2 Å². The largest absolute Gasteiger partial charge is 0.396 e. The van der Waals surface area contributed by atoms with Crippen LogP contribution in [-0.4, -0.2) is 33.0 Å². The molecule has 2 aromatic rings. The van der Waals surface area contributed by atoms with Gasteiger partial charge in [0.05, 0.1) is 5.69 Å². The van der Waals surface area contributed by atoms with E-state index in [-0.39, 0.29) is 0 Å². The van der Waals surface area contributed by atoms with Crippen molar-refractivity contribution in [2.24, 2.45) is 12.5 Å². The number of nitrogens with zero attached hydrogens (tertiary/aromatic N) is 3. The number of nitrogens with one attached hydrogen (secondary N) is 1. The third-order valence-corrected chi connectivity index (χ3v) is 4.35. The number of aromatic nitrogens is 3. The molecule has 2 aromatic heterocycles. The van der Waals surface area contributed by atoms with Gasteiger partial charge in [-0.1, -0.05) is 0 Å². The van der Waals surface area contributed by atoms with E-state index in [2.05, 4.69) is 21.5 Å². The van der Waals surface area contributed by atoms with Crippen molar-refractivity contribution in [3.63, 3.8) is 0 Å². The Bertz CT molecular complexity index is 616. The summed E-state index contributed by atoms with van der Waals surface area (Å²) in [6, 6.07) is 2.17. The summed E-state index contributed by atoms with van der Waals surface area (Å²) >= 11 is 0. The minimum absolute atomic E-state index is 0.296. The van der Waals surface area contributed by atoms with Crippen LogP contribution in [0.4, 0.5) is 0 Å². The third kappa shape index (κ3) is 2.55. The SMILES string of the molecule is Cc1nn(C)c2ncc(CNCC3(CCO)CC3)cc12. The molecule has 3 rings (SSSR count). The Kier molecular flexibility index (Phi) is 3.48. The van der Waals surface area contributed by atoms with Crippen LogP contribution in [0.15, 0.2) is 12.3 Å². The number of pyridine rings is 1. The molecule has 1 saturated carbocycles. The first-order valence-electron chi connectivity index (χ1n) is 7.23. The van der Waals surface area contributed by atoms with Gasteiger partial charge in [-0.05, 0) is 43.2 Å². The van der Waals surface area contributed by atoms with Crippen molar-refractivity contribution in [1.82, 2.24) is 20.1 Å². The molecule has 0 unspecified atom stereocenters. The summed E-state index contributed by atoms with van der Waals surface area (Å²) in [6.07, 6.45) is 5.31. The summed E-state index contributed by atoms with van der Waals surface area (Å²) < 4.78 is 1.82. The molecule has 2 heterocycles. The minimum atomic E-state index is 0.296. The molecular formula is C15H22N4O. The highest BCUT2D eigenvalue weighted by atomic mass is 16.3. The summed E-state index contributed by atoms with van der Waals surface area (Å²) in [4.78, 5) is 4.49. The molecule has 0 spiro atoms. The highest BCUT2D eigenvalue weighted by molar-refractivity contribution is 5.78. The molecular weight excluding hydrogens is 252 g/mol. The number of hydrogen-bond acceptors (Lipinski definition) is 4. The van der Waals surface area contributed by atoms with E-state index in [4.69, 9.17) is 5.11 Å². The fraction of sp³-hybridized carbons (Fsp3) is 0.600. The van der Waals surface area contributed by atoms with E-state index in [1.54, 1.807) is 0 Å². The first-order chi connectivity index (χ1) is 9.63. The van der Waals surface area contributed by atoms with Crippen molar-refractivity contribution < 1.29 is 5.11 Å².